The minimum absolute atomic E-state index is 0.207. The summed E-state index contributed by atoms with van der Waals surface area (Å²) >= 11 is 0. The van der Waals surface area contributed by atoms with Crippen molar-refractivity contribution < 1.29 is 9.22 Å². The molecule has 0 heterocycles. The molecule has 3 heteroatoms. The van der Waals surface area contributed by atoms with Crippen LogP contribution in [0.3, 0.4) is 0 Å². The lowest BCUT2D eigenvalue weighted by Gasteiger charge is -2.51. The lowest BCUT2D eigenvalue weighted by Crippen LogP contribution is -2.47. The average Bonchev–Trinajstić information content (AvgIpc) is 2.43. The smallest absolute Gasteiger partial charge is 0.185 e. The third-order valence-corrected chi connectivity index (χ3v) is 7.36. The van der Waals surface area contributed by atoms with Crippen molar-refractivity contribution >= 4 is 14.1 Å². The van der Waals surface area contributed by atoms with E-state index >= 15 is 0 Å². The minimum atomic E-state index is -1.58. The van der Waals surface area contributed by atoms with Crippen molar-refractivity contribution in [2.24, 2.45) is 23.2 Å². The third-order valence-electron chi connectivity index (χ3n) is 6.24. The number of carbonyl (C=O) groups excluding carboxylic acids is 1. The molecule has 2 saturated carbocycles. The molecule has 0 amide bonds. The highest BCUT2D eigenvalue weighted by atomic mass is 28.4. The van der Waals surface area contributed by atoms with Crippen LogP contribution in [0.25, 0.3) is 0 Å². The first-order chi connectivity index (χ1) is 11.4. The normalized spacial score (nSPS) is 31.7. The van der Waals surface area contributed by atoms with Gasteiger partial charge in [0.05, 0.1) is 0 Å². The van der Waals surface area contributed by atoms with E-state index in [9.17, 15) is 4.79 Å². The van der Waals surface area contributed by atoms with Gasteiger partial charge in [0, 0.05) is 18.8 Å². The third kappa shape index (κ3) is 5.20. The van der Waals surface area contributed by atoms with Crippen molar-refractivity contribution in [3.8, 4) is 11.8 Å². The van der Waals surface area contributed by atoms with Gasteiger partial charge in [0.15, 0.2) is 8.32 Å². The van der Waals surface area contributed by atoms with Gasteiger partial charge in [0.2, 0.25) is 0 Å². The molecule has 0 aliphatic heterocycles. The Morgan fingerprint density at radius 1 is 1.28 bits per heavy atom. The lowest BCUT2D eigenvalue weighted by atomic mass is 9.52. The van der Waals surface area contributed by atoms with Crippen LogP contribution in [0, 0.1) is 35.0 Å². The number of carbonyl (C=O) groups is 1. The maximum Gasteiger partial charge on any atom is 0.185 e. The number of hydrogen-bond donors (Lipinski definition) is 0. The molecule has 142 valence electrons. The second kappa shape index (κ2) is 7.57. The van der Waals surface area contributed by atoms with Crippen molar-refractivity contribution in [3.05, 3.63) is 0 Å². The first-order valence-corrected chi connectivity index (χ1v) is 13.6. The highest BCUT2D eigenvalue weighted by Gasteiger charge is 2.49. The molecule has 0 aromatic rings. The van der Waals surface area contributed by atoms with Gasteiger partial charge >= 0.3 is 0 Å². The molecule has 0 N–H and O–H groups in total. The fourth-order valence-corrected chi connectivity index (χ4v) is 7.04. The van der Waals surface area contributed by atoms with E-state index in [1.807, 2.05) is 0 Å². The van der Waals surface area contributed by atoms with Crippen LogP contribution in [0.15, 0.2) is 0 Å². The molecule has 2 rings (SSSR count). The molecule has 25 heavy (non-hydrogen) atoms. The Bertz CT molecular complexity index is 549. The Balaban J connectivity index is 2.04. The topological polar surface area (TPSA) is 26.3 Å². The van der Waals surface area contributed by atoms with Crippen LogP contribution in [-0.4, -0.2) is 19.7 Å². The van der Waals surface area contributed by atoms with Gasteiger partial charge in [-0.3, -0.25) is 4.79 Å². The van der Waals surface area contributed by atoms with Crippen LogP contribution >= 0.6 is 0 Å². The molecule has 0 bridgehead atoms. The van der Waals surface area contributed by atoms with Crippen LogP contribution < -0.4 is 0 Å². The molecule has 2 aliphatic rings. The van der Waals surface area contributed by atoms with Crippen LogP contribution in [0.5, 0.6) is 0 Å². The Labute approximate surface area is 156 Å². The van der Waals surface area contributed by atoms with Gasteiger partial charge in [-0.15, -0.1) is 5.92 Å². The van der Waals surface area contributed by atoms with Crippen molar-refractivity contribution in [1.29, 1.82) is 0 Å². The quantitative estimate of drug-likeness (QED) is 0.465. The van der Waals surface area contributed by atoms with Gasteiger partial charge in [-0.05, 0) is 76.4 Å². The van der Waals surface area contributed by atoms with Gasteiger partial charge in [-0.25, -0.2) is 0 Å². The number of fused-ring (bicyclic) bond motifs is 1. The highest BCUT2D eigenvalue weighted by Crippen LogP contribution is 2.54. The number of ketones is 1. The van der Waals surface area contributed by atoms with E-state index in [0.29, 0.717) is 23.5 Å². The lowest BCUT2D eigenvalue weighted by molar-refractivity contribution is -0.137. The maximum atomic E-state index is 12.4. The fourth-order valence-electron chi connectivity index (χ4n) is 5.46. The molecule has 0 aromatic heterocycles. The van der Waals surface area contributed by atoms with E-state index in [-0.39, 0.29) is 11.0 Å². The zero-order valence-corrected chi connectivity index (χ0v) is 18.5. The Kier molecular flexibility index (Phi) is 6.27. The molecule has 0 radical (unpaired) electrons. The zero-order chi connectivity index (χ0) is 18.9. The predicted molar refractivity (Wildman–Crippen MR) is 108 cm³/mol. The van der Waals surface area contributed by atoms with Gasteiger partial charge in [0.25, 0.3) is 0 Å². The molecular weight excluding hydrogens is 324 g/mol. The van der Waals surface area contributed by atoms with E-state index in [0.717, 1.165) is 25.7 Å². The molecule has 0 unspecified atom stereocenters. The van der Waals surface area contributed by atoms with Gasteiger partial charge in [-0.1, -0.05) is 26.2 Å². The van der Waals surface area contributed by atoms with E-state index in [1.165, 1.54) is 19.3 Å². The summed E-state index contributed by atoms with van der Waals surface area (Å²) in [5, 5.41) is 0. The van der Waals surface area contributed by atoms with E-state index in [1.54, 1.807) is 0 Å². The van der Waals surface area contributed by atoms with Crippen LogP contribution in [0.2, 0.25) is 19.6 Å². The van der Waals surface area contributed by atoms with Crippen LogP contribution in [-0.2, 0) is 9.22 Å². The molecule has 4 atom stereocenters. The molecule has 2 fully saturated rings. The van der Waals surface area contributed by atoms with Crippen molar-refractivity contribution in [1.82, 2.24) is 0 Å². The number of Topliss-reactive ketones (excluding diaryl/α,β-unsaturated/α-hetero) is 1. The predicted octanol–water partition coefficient (Wildman–Crippen LogP) is 5.82. The SMILES string of the molecule is C[C@H](CC#CC(C)(C)O[Si](C)(C)C)[C@H]1CCC[C@H]2C(=O)CCC[C@]12C. The summed E-state index contributed by atoms with van der Waals surface area (Å²) in [5.74, 6) is 8.82. The largest absolute Gasteiger partial charge is 0.402 e. The standard InChI is InChI=1S/C22H38O2Si/c1-17(11-9-15-21(2,3)24-25(5,6)7)18-12-8-13-19-20(23)14-10-16-22(18,19)4/h17-19H,8,10-14,16H2,1-7H3/t17-,18-,19+,22-/m1/s1. The Morgan fingerprint density at radius 2 is 1.96 bits per heavy atom. The summed E-state index contributed by atoms with van der Waals surface area (Å²) in [6, 6.07) is 0. The monoisotopic (exact) mass is 362 g/mol. The van der Waals surface area contributed by atoms with E-state index in [2.05, 4.69) is 59.2 Å². The molecule has 0 saturated heterocycles. The second-order valence-electron chi connectivity index (χ2n) is 10.1. The number of hydrogen-bond acceptors (Lipinski definition) is 2. The van der Waals surface area contributed by atoms with Gasteiger partial charge in [-0.2, -0.15) is 0 Å². The van der Waals surface area contributed by atoms with Crippen molar-refractivity contribution in [3.63, 3.8) is 0 Å². The minimum Gasteiger partial charge on any atom is -0.402 e. The molecular formula is C22H38O2Si. The van der Waals surface area contributed by atoms with Crippen LogP contribution in [0.4, 0.5) is 0 Å². The molecule has 0 aromatic carbocycles. The zero-order valence-electron chi connectivity index (χ0n) is 17.5. The average molecular weight is 363 g/mol. The summed E-state index contributed by atoms with van der Waals surface area (Å²) in [7, 11) is -1.58. The molecule has 0 spiro atoms. The van der Waals surface area contributed by atoms with E-state index in [4.69, 9.17) is 4.43 Å². The number of rotatable bonds is 4. The fraction of sp³-hybridized carbons (Fsp3) is 0.864. The summed E-state index contributed by atoms with van der Waals surface area (Å²) in [5.41, 5.74) is -0.150. The van der Waals surface area contributed by atoms with Crippen molar-refractivity contribution in [2.75, 3.05) is 0 Å². The second-order valence-corrected chi connectivity index (χ2v) is 14.6. The highest BCUT2D eigenvalue weighted by molar-refractivity contribution is 6.69. The molecule has 2 aliphatic carbocycles. The first kappa shape index (κ1) is 20.7. The summed E-state index contributed by atoms with van der Waals surface area (Å²) < 4.78 is 6.19. The van der Waals surface area contributed by atoms with Crippen LogP contribution in [0.1, 0.15) is 72.6 Å². The summed E-state index contributed by atoms with van der Waals surface area (Å²) in [4.78, 5) is 12.4. The summed E-state index contributed by atoms with van der Waals surface area (Å²) in [6.07, 6.45) is 7.61. The first-order valence-electron chi connectivity index (χ1n) is 10.2. The van der Waals surface area contributed by atoms with Gasteiger partial charge < -0.3 is 4.43 Å². The molecule has 2 nitrogen and oxygen atoms in total. The summed E-state index contributed by atoms with van der Waals surface area (Å²) in [6.45, 7) is 15.5. The Morgan fingerprint density at radius 3 is 2.60 bits per heavy atom. The van der Waals surface area contributed by atoms with E-state index < -0.39 is 8.32 Å². The van der Waals surface area contributed by atoms with Gasteiger partial charge in [0.1, 0.15) is 11.4 Å². The van der Waals surface area contributed by atoms with Crippen molar-refractivity contribution in [2.45, 2.75) is 97.9 Å². The maximum absolute atomic E-state index is 12.4. The Hall–Kier alpha value is -0.593.